The maximum absolute atomic E-state index is 11.3. The Morgan fingerprint density at radius 1 is 1.62 bits per heavy atom. The molecule has 0 unspecified atom stereocenters. The third kappa shape index (κ3) is 3.67. The number of amides is 1. The van der Waals surface area contributed by atoms with E-state index in [0.29, 0.717) is 16.5 Å². The van der Waals surface area contributed by atoms with E-state index in [1.165, 1.54) is 7.11 Å². The lowest BCUT2D eigenvalue weighted by Gasteiger charge is -2.07. The number of anilines is 1. The zero-order chi connectivity index (χ0) is 12.1. The summed E-state index contributed by atoms with van der Waals surface area (Å²) in [5.74, 6) is 0.280. The third-order valence-corrected chi connectivity index (χ3v) is 2.21. The molecule has 16 heavy (non-hydrogen) atoms. The van der Waals surface area contributed by atoms with E-state index in [-0.39, 0.29) is 17.3 Å². The highest BCUT2D eigenvalue weighted by Crippen LogP contribution is 2.27. The van der Waals surface area contributed by atoms with Gasteiger partial charge in [0.15, 0.2) is 0 Å². The number of benzene rings is 1. The van der Waals surface area contributed by atoms with Crippen LogP contribution in [0.25, 0.3) is 0 Å². The van der Waals surface area contributed by atoms with Gasteiger partial charge in [0.2, 0.25) is 5.91 Å². The fourth-order valence-corrected chi connectivity index (χ4v) is 1.50. The number of rotatable bonds is 4. The molecule has 0 aliphatic heterocycles. The lowest BCUT2D eigenvalue weighted by atomic mass is 10.3. The SMILES string of the molecule is COc1ccc(NC(=O)CC(N)=S)cc1Cl. The Balaban J connectivity index is 2.71. The summed E-state index contributed by atoms with van der Waals surface area (Å²) in [4.78, 5) is 11.5. The highest BCUT2D eigenvalue weighted by Gasteiger charge is 2.06. The van der Waals surface area contributed by atoms with E-state index in [4.69, 9.17) is 22.1 Å². The molecule has 0 radical (unpaired) electrons. The molecule has 1 rings (SSSR count). The molecule has 6 heteroatoms. The zero-order valence-electron chi connectivity index (χ0n) is 8.62. The van der Waals surface area contributed by atoms with Crippen molar-refractivity contribution in [3.63, 3.8) is 0 Å². The van der Waals surface area contributed by atoms with E-state index in [2.05, 4.69) is 17.5 Å². The summed E-state index contributed by atoms with van der Waals surface area (Å²) in [6.45, 7) is 0. The third-order valence-electron chi connectivity index (χ3n) is 1.77. The fraction of sp³-hybridized carbons (Fsp3) is 0.200. The van der Waals surface area contributed by atoms with Crippen LogP contribution in [-0.2, 0) is 4.79 Å². The molecule has 86 valence electrons. The average Bonchev–Trinajstić information content (AvgIpc) is 2.16. The van der Waals surface area contributed by atoms with Crippen LogP contribution in [0, 0.1) is 0 Å². The summed E-state index contributed by atoms with van der Waals surface area (Å²) in [5.41, 5.74) is 5.82. The molecular weight excluding hydrogens is 248 g/mol. The molecule has 0 spiro atoms. The minimum Gasteiger partial charge on any atom is -0.495 e. The lowest BCUT2D eigenvalue weighted by molar-refractivity contribution is -0.115. The van der Waals surface area contributed by atoms with Gasteiger partial charge in [-0.05, 0) is 18.2 Å². The van der Waals surface area contributed by atoms with Gasteiger partial charge in [-0.25, -0.2) is 0 Å². The van der Waals surface area contributed by atoms with Crippen LogP contribution in [0.3, 0.4) is 0 Å². The zero-order valence-corrected chi connectivity index (χ0v) is 10.2. The summed E-state index contributed by atoms with van der Waals surface area (Å²) < 4.78 is 4.98. The number of thiocarbonyl (C=S) groups is 1. The van der Waals surface area contributed by atoms with Crippen LogP contribution in [0.1, 0.15) is 6.42 Å². The van der Waals surface area contributed by atoms with Gasteiger partial charge in [-0.2, -0.15) is 0 Å². The van der Waals surface area contributed by atoms with Crippen molar-refractivity contribution >= 4 is 40.4 Å². The molecule has 0 saturated carbocycles. The Labute approximate surface area is 104 Å². The first kappa shape index (κ1) is 12.7. The Kier molecular flexibility index (Phi) is 4.52. The lowest BCUT2D eigenvalue weighted by Crippen LogP contribution is -2.20. The van der Waals surface area contributed by atoms with Crippen LogP contribution < -0.4 is 15.8 Å². The molecule has 0 saturated heterocycles. The maximum atomic E-state index is 11.3. The number of nitrogens with one attached hydrogen (secondary N) is 1. The van der Waals surface area contributed by atoms with Gasteiger partial charge < -0.3 is 15.8 Å². The molecule has 1 amide bonds. The molecular formula is C10H11ClN2O2S. The van der Waals surface area contributed by atoms with Crippen molar-refractivity contribution in [1.29, 1.82) is 0 Å². The Morgan fingerprint density at radius 2 is 2.31 bits per heavy atom. The molecule has 0 atom stereocenters. The topological polar surface area (TPSA) is 64.3 Å². The molecule has 0 fully saturated rings. The Hall–Kier alpha value is -1.33. The number of methoxy groups -OCH3 is 1. The van der Waals surface area contributed by atoms with Crippen molar-refractivity contribution < 1.29 is 9.53 Å². The standard InChI is InChI=1S/C10H11ClN2O2S/c1-15-8-3-2-6(4-7(8)11)13-10(14)5-9(12)16/h2-4H,5H2,1H3,(H2,12,16)(H,13,14). The molecule has 0 aromatic heterocycles. The van der Waals surface area contributed by atoms with Crippen LogP contribution >= 0.6 is 23.8 Å². The minimum absolute atomic E-state index is 0.0129. The van der Waals surface area contributed by atoms with E-state index < -0.39 is 0 Å². The van der Waals surface area contributed by atoms with Gasteiger partial charge in [-0.3, -0.25) is 4.79 Å². The minimum atomic E-state index is -0.270. The first-order valence-electron chi connectivity index (χ1n) is 4.44. The van der Waals surface area contributed by atoms with Crippen LogP contribution in [0.4, 0.5) is 5.69 Å². The van der Waals surface area contributed by atoms with Crippen molar-refractivity contribution in [2.75, 3.05) is 12.4 Å². The molecule has 0 heterocycles. The molecule has 1 aromatic carbocycles. The first-order chi connectivity index (χ1) is 7.52. The molecule has 1 aromatic rings. The second-order valence-corrected chi connectivity index (χ2v) is 3.97. The Bertz CT molecular complexity index is 423. The second-order valence-electron chi connectivity index (χ2n) is 3.04. The average molecular weight is 259 g/mol. The van der Waals surface area contributed by atoms with Crippen LogP contribution in [0.15, 0.2) is 18.2 Å². The van der Waals surface area contributed by atoms with E-state index in [9.17, 15) is 4.79 Å². The molecule has 3 N–H and O–H groups in total. The fourth-order valence-electron chi connectivity index (χ4n) is 1.11. The smallest absolute Gasteiger partial charge is 0.231 e. The highest BCUT2D eigenvalue weighted by atomic mass is 35.5. The van der Waals surface area contributed by atoms with Crippen molar-refractivity contribution in [1.82, 2.24) is 0 Å². The predicted molar refractivity (Wildman–Crippen MR) is 68.0 cm³/mol. The van der Waals surface area contributed by atoms with Gasteiger partial charge in [-0.15, -0.1) is 0 Å². The van der Waals surface area contributed by atoms with E-state index >= 15 is 0 Å². The van der Waals surface area contributed by atoms with Gasteiger partial charge in [0.25, 0.3) is 0 Å². The first-order valence-corrected chi connectivity index (χ1v) is 5.23. The second kappa shape index (κ2) is 5.67. The van der Waals surface area contributed by atoms with Gasteiger partial charge >= 0.3 is 0 Å². The number of nitrogens with two attached hydrogens (primary N) is 1. The van der Waals surface area contributed by atoms with Gasteiger partial charge in [-0.1, -0.05) is 23.8 Å². The maximum Gasteiger partial charge on any atom is 0.231 e. The summed E-state index contributed by atoms with van der Waals surface area (Å²) >= 11 is 10.5. The van der Waals surface area contributed by atoms with Crippen molar-refractivity contribution in [2.45, 2.75) is 6.42 Å². The van der Waals surface area contributed by atoms with Crippen LogP contribution in [0.2, 0.25) is 5.02 Å². The summed E-state index contributed by atoms with van der Waals surface area (Å²) in [6, 6.07) is 4.94. The molecule has 0 aliphatic rings. The van der Waals surface area contributed by atoms with Gasteiger partial charge in [0.1, 0.15) is 5.75 Å². The van der Waals surface area contributed by atoms with Gasteiger partial charge in [0, 0.05) is 5.69 Å². The van der Waals surface area contributed by atoms with Gasteiger partial charge in [0.05, 0.1) is 23.5 Å². The summed E-state index contributed by atoms with van der Waals surface area (Å²) in [5, 5.41) is 3.05. The summed E-state index contributed by atoms with van der Waals surface area (Å²) in [7, 11) is 1.52. The van der Waals surface area contributed by atoms with Crippen LogP contribution in [0.5, 0.6) is 5.75 Å². The van der Waals surface area contributed by atoms with E-state index in [1.54, 1.807) is 18.2 Å². The van der Waals surface area contributed by atoms with E-state index in [0.717, 1.165) is 0 Å². The van der Waals surface area contributed by atoms with Crippen molar-refractivity contribution in [2.24, 2.45) is 5.73 Å². The molecule has 4 nitrogen and oxygen atoms in total. The van der Waals surface area contributed by atoms with Crippen molar-refractivity contribution in [3.05, 3.63) is 23.2 Å². The number of halogens is 1. The monoisotopic (exact) mass is 258 g/mol. The number of hydrogen-bond donors (Lipinski definition) is 2. The number of hydrogen-bond acceptors (Lipinski definition) is 3. The number of carbonyl (C=O) groups excluding carboxylic acids is 1. The number of carbonyl (C=O) groups is 1. The largest absolute Gasteiger partial charge is 0.495 e. The quantitative estimate of drug-likeness (QED) is 0.811. The summed E-state index contributed by atoms with van der Waals surface area (Å²) in [6.07, 6.45) is 0.0129. The van der Waals surface area contributed by atoms with Crippen LogP contribution in [-0.4, -0.2) is 18.0 Å². The Morgan fingerprint density at radius 3 is 2.81 bits per heavy atom. The predicted octanol–water partition coefficient (Wildman–Crippen LogP) is 1.96. The molecule has 0 aliphatic carbocycles. The number of ether oxygens (including phenoxy) is 1. The normalized spacial score (nSPS) is 9.62. The van der Waals surface area contributed by atoms with Crippen molar-refractivity contribution in [3.8, 4) is 5.75 Å². The highest BCUT2D eigenvalue weighted by molar-refractivity contribution is 7.80. The van der Waals surface area contributed by atoms with E-state index in [1.807, 2.05) is 0 Å². The molecule has 0 bridgehead atoms.